The third-order valence-corrected chi connectivity index (χ3v) is 14.5. The Bertz CT molecular complexity index is 2670. The van der Waals surface area contributed by atoms with Crippen LogP contribution in [-0.4, -0.2) is 193 Å². The first-order valence-electron chi connectivity index (χ1n) is 31.2. The summed E-state index contributed by atoms with van der Waals surface area (Å²) in [6, 6.07) is 9.89. The molecular formula is C64H94N4O26. The van der Waals surface area contributed by atoms with E-state index in [1.54, 1.807) is 31.2 Å². The predicted molar refractivity (Wildman–Crippen MR) is 334 cm³/mol. The second-order valence-corrected chi connectivity index (χ2v) is 21.0. The third-order valence-electron chi connectivity index (χ3n) is 14.5. The molecule has 0 saturated heterocycles. The number of methoxy groups -OCH3 is 2. The van der Waals surface area contributed by atoms with E-state index in [2.05, 4.69) is 34.4 Å². The van der Waals surface area contributed by atoms with Gasteiger partial charge in [0.1, 0.15) is 13.2 Å². The van der Waals surface area contributed by atoms with Crippen molar-refractivity contribution in [1.29, 1.82) is 0 Å². The summed E-state index contributed by atoms with van der Waals surface area (Å²) in [5.41, 5.74) is -1.75. The second kappa shape index (κ2) is 49.5. The Kier molecular flexibility index (Phi) is 42.7. The number of alkyl carbamates (subject to hydrolysis) is 4. The van der Waals surface area contributed by atoms with Gasteiger partial charge in [-0.15, -0.1) is 0 Å². The van der Waals surface area contributed by atoms with Crippen molar-refractivity contribution in [1.82, 2.24) is 21.3 Å². The van der Waals surface area contributed by atoms with Crippen molar-refractivity contribution in [3.05, 3.63) is 72.8 Å². The molecule has 4 amide bonds. The van der Waals surface area contributed by atoms with Crippen LogP contribution in [0.2, 0.25) is 0 Å². The minimum absolute atomic E-state index is 0.0116. The van der Waals surface area contributed by atoms with Crippen LogP contribution in [0, 0.1) is 10.8 Å². The van der Waals surface area contributed by atoms with Gasteiger partial charge in [-0.05, 0) is 126 Å². The number of hydrogen-bond acceptors (Lipinski definition) is 26. The number of carbonyl (C=O) groups is 11. The van der Waals surface area contributed by atoms with Crippen molar-refractivity contribution in [3.8, 4) is 0 Å². The lowest BCUT2D eigenvalue weighted by Gasteiger charge is -2.32. The minimum Gasteiger partial charge on any atom is -0.465 e. The summed E-state index contributed by atoms with van der Waals surface area (Å²) in [7, 11) is 2.69. The molecule has 2 aromatic rings. The van der Waals surface area contributed by atoms with Crippen molar-refractivity contribution in [2.45, 2.75) is 117 Å². The number of esters is 4. The maximum absolute atomic E-state index is 13.0. The summed E-state index contributed by atoms with van der Waals surface area (Å²) in [6.07, 6.45) is 3.94. The minimum atomic E-state index is -1.27. The Balaban J connectivity index is 1.88. The Morgan fingerprint density at radius 3 is 1.12 bits per heavy atom. The van der Waals surface area contributed by atoms with Gasteiger partial charge in [0.25, 0.3) is 0 Å². The van der Waals surface area contributed by atoms with Gasteiger partial charge in [0.2, 0.25) is 6.79 Å². The van der Waals surface area contributed by atoms with Gasteiger partial charge >= 0.3 is 66.7 Å². The molecule has 0 radical (unpaired) electrons. The molecule has 0 fully saturated rings. The number of amides is 4. The van der Waals surface area contributed by atoms with E-state index in [9.17, 15) is 52.7 Å². The van der Waals surface area contributed by atoms with Crippen LogP contribution in [0.15, 0.2) is 61.7 Å². The highest BCUT2D eigenvalue weighted by atomic mass is 16.8. The molecule has 0 spiro atoms. The smallest absolute Gasteiger partial charge is 0.465 e. The monoisotopic (exact) mass is 1330 g/mol. The zero-order chi connectivity index (χ0) is 69.1. The molecule has 30 heteroatoms. The molecule has 0 aromatic heterocycles. The summed E-state index contributed by atoms with van der Waals surface area (Å²) in [6.45, 7) is 10.1. The average molecular weight is 1340 g/mol. The number of ether oxygens (including phenoxy) is 15. The van der Waals surface area contributed by atoms with E-state index in [0.29, 0.717) is 107 Å². The van der Waals surface area contributed by atoms with Crippen molar-refractivity contribution in [2.75, 3.05) is 126 Å². The quantitative estimate of drug-likeness (QED) is 0.0157. The van der Waals surface area contributed by atoms with Gasteiger partial charge < -0.3 is 92.3 Å². The van der Waals surface area contributed by atoms with Gasteiger partial charge in [-0.2, -0.15) is 0 Å². The summed E-state index contributed by atoms with van der Waals surface area (Å²) in [5.74, 6) is -2.75. The van der Waals surface area contributed by atoms with Crippen molar-refractivity contribution >= 4 is 77.5 Å². The summed E-state index contributed by atoms with van der Waals surface area (Å²) >= 11 is 0. The van der Waals surface area contributed by atoms with E-state index in [1.807, 2.05) is 6.92 Å². The van der Waals surface area contributed by atoms with Gasteiger partial charge in [0.05, 0.1) is 77.7 Å². The van der Waals surface area contributed by atoms with E-state index in [0.717, 1.165) is 19.3 Å². The zero-order valence-electron chi connectivity index (χ0n) is 54.5. The van der Waals surface area contributed by atoms with Crippen LogP contribution in [0.4, 0.5) is 33.6 Å². The van der Waals surface area contributed by atoms with Gasteiger partial charge in [-0.3, -0.25) is 0 Å². The predicted octanol–water partition coefficient (Wildman–Crippen LogP) is 9.46. The molecule has 0 aliphatic carbocycles. The molecule has 0 bridgehead atoms. The van der Waals surface area contributed by atoms with Gasteiger partial charge in [0, 0.05) is 62.9 Å². The second-order valence-electron chi connectivity index (χ2n) is 21.0. The van der Waals surface area contributed by atoms with Crippen LogP contribution in [0.1, 0.15) is 137 Å². The molecule has 4 N–H and O–H groups in total. The Hall–Kier alpha value is -9.09. The molecule has 30 nitrogen and oxygen atoms in total. The van der Waals surface area contributed by atoms with Gasteiger partial charge in [-0.1, -0.05) is 51.3 Å². The normalized spacial score (nSPS) is 11.9. The molecule has 0 aliphatic rings. The first-order valence-corrected chi connectivity index (χ1v) is 31.2. The number of rotatable bonds is 49. The van der Waals surface area contributed by atoms with Crippen LogP contribution >= 0.6 is 0 Å². The molecule has 0 aliphatic heterocycles. The van der Waals surface area contributed by atoms with E-state index >= 15 is 0 Å². The fourth-order valence-electron chi connectivity index (χ4n) is 8.55. The van der Waals surface area contributed by atoms with E-state index in [4.69, 9.17) is 71.1 Å². The first kappa shape index (κ1) is 81.0. The van der Waals surface area contributed by atoms with Crippen molar-refractivity contribution < 1.29 is 124 Å². The average Bonchev–Trinajstić information content (AvgIpc) is 0.848. The van der Waals surface area contributed by atoms with Crippen LogP contribution in [0.3, 0.4) is 0 Å². The van der Waals surface area contributed by atoms with E-state index in [1.165, 1.54) is 19.2 Å². The highest BCUT2D eigenvalue weighted by molar-refractivity contribution is 6.07. The molecule has 526 valence electrons. The highest BCUT2D eigenvalue weighted by Crippen LogP contribution is 2.33. The molecule has 0 saturated carbocycles. The molecule has 2 aromatic carbocycles. The largest absolute Gasteiger partial charge is 0.511 e. The number of nitrogens with one attached hydrogen (secondary N) is 4. The summed E-state index contributed by atoms with van der Waals surface area (Å²) < 4.78 is 77.4. The van der Waals surface area contributed by atoms with Gasteiger partial charge in [0.15, 0.2) is 0 Å². The lowest BCUT2D eigenvalue weighted by atomic mass is 9.80. The number of benzene rings is 2. The fraction of sp³-hybridized carbons (Fsp3) is 0.609. The van der Waals surface area contributed by atoms with Crippen LogP contribution in [-0.2, 0) is 80.6 Å². The fourth-order valence-corrected chi connectivity index (χ4v) is 8.55. The zero-order valence-corrected chi connectivity index (χ0v) is 54.5. The van der Waals surface area contributed by atoms with Gasteiger partial charge in [-0.25, -0.2) is 52.7 Å². The lowest BCUT2D eigenvalue weighted by Crippen LogP contribution is -2.35. The SMILES string of the molecule is C=CC(=O)OCCCCCOC(=O)NCCCCNC(=O)OCC(CC)(CCOC)CCOC(=O)OCCC(CC)(CCOC(=O)OCCOC(=O)OCOC(=O)c1cc2ccccc2cc1C(=O)OC)COC(=O)NCCCCNC(=O)OCCCCCOC(=O)C=C. The number of fused-ring (bicyclic) bond motifs is 1. The molecule has 0 heterocycles. The molecule has 94 heavy (non-hydrogen) atoms. The number of unbranched alkanes of at least 4 members (excludes halogenated alkanes) is 6. The lowest BCUT2D eigenvalue weighted by molar-refractivity contribution is -0.138. The first-order chi connectivity index (χ1) is 45.4. The Labute approximate surface area is 547 Å². The number of carbonyl (C=O) groups excluding carboxylic acids is 11. The summed E-state index contributed by atoms with van der Waals surface area (Å²) in [4.78, 5) is 135. The topological polar surface area (TPSA) is 374 Å². The molecule has 2 rings (SSSR count). The Morgan fingerprint density at radius 2 is 0.745 bits per heavy atom. The van der Waals surface area contributed by atoms with Crippen molar-refractivity contribution in [3.63, 3.8) is 0 Å². The van der Waals surface area contributed by atoms with E-state index in [-0.39, 0.29) is 109 Å². The molecular weight excluding hydrogens is 1240 g/mol. The maximum atomic E-state index is 13.0. The van der Waals surface area contributed by atoms with Crippen LogP contribution in [0.25, 0.3) is 10.8 Å². The molecule has 2 atom stereocenters. The summed E-state index contributed by atoms with van der Waals surface area (Å²) in [5, 5.41) is 12.0. The van der Waals surface area contributed by atoms with E-state index < -0.39 is 97.6 Å². The van der Waals surface area contributed by atoms with Crippen LogP contribution in [0.5, 0.6) is 0 Å². The molecule has 2 unspecified atom stereocenters. The maximum Gasteiger partial charge on any atom is 0.511 e. The standard InChI is InChI=1S/C64H94N4O26/c1-7-52(69)82-33-19-11-21-35-84-56(73)65-29-15-17-31-67-58(75)91-45-63(9-3,25-37-80-5)26-38-86-60(77)87-39-27-64(10-4,46-92-59(76)68-32-18-16-30-66-57(74)85-36-22-12-20-34-83-53(70)8-2)28-40-88-61(78)89-41-42-90-62(79)94-47-93-55(72)51-44-49-24-14-13-23-48(49)43-50(51)54(71)81-6/h7-8,13-14,23-24,43-44H,1-2,9-12,15-22,25-42,45-47H2,3-6H3,(H,65,73)(H,66,74)(H,67,75)(H,68,76). The number of hydrogen-bond donors (Lipinski definition) is 4. The Morgan fingerprint density at radius 1 is 0.394 bits per heavy atom. The highest BCUT2D eigenvalue weighted by Gasteiger charge is 2.33. The van der Waals surface area contributed by atoms with Crippen molar-refractivity contribution in [2.24, 2.45) is 10.8 Å². The third kappa shape index (κ3) is 36.8. The van der Waals surface area contributed by atoms with Crippen LogP contribution < -0.4 is 21.3 Å².